The van der Waals surface area contributed by atoms with E-state index in [4.69, 9.17) is 0 Å². The van der Waals surface area contributed by atoms with E-state index in [9.17, 15) is 13.7 Å². The molecule has 1 saturated heterocycles. The Morgan fingerprint density at radius 1 is 1.15 bits per heavy atom. The zero-order chi connectivity index (χ0) is 23.4. The van der Waals surface area contributed by atoms with Crippen LogP contribution in [0.25, 0.3) is 0 Å². The molecule has 9 nitrogen and oxygen atoms in total. The van der Waals surface area contributed by atoms with Gasteiger partial charge in [-0.1, -0.05) is 48.5 Å². The van der Waals surface area contributed by atoms with E-state index < -0.39 is 16.1 Å². The van der Waals surface area contributed by atoms with Crippen LogP contribution in [0.1, 0.15) is 17.2 Å². The third-order valence-electron chi connectivity index (χ3n) is 5.62. The van der Waals surface area contributed by atoms with Gasteiger partial charge in [0.15, 0.2) is 5.03 Å². The largest absolute Gasteiger partial charge is 0.339 e. The van der Waals surface area contributed by atoms with Gasteiger partial charge in [0, 0.05) is 38.6 Å². The molecule has 2 heterocycles. The number of nitriles is 1. The predicted molar refractivity (Wildman–Crippen MR) is 126 cm³/mol. The second-order valence-electron chi connectivity index (χ2n) is 7.84. The number of hydrogen-bond donors (Lipinski definition) is 1. The number of nitrogens with one attached hydrogen (secondary N) is 1. The Balaban J connectivity index is 1.67. The van der Waals surface area contributed by atoms with Gasteiger partial charge in [0.2, 0.25) is 12.2 Å². The molecular formula is C23H25N7O2S. The Kier molecular flexibility index (Phi) is 6.44. The summed E-state index contributed by atoms with van der Waals surface area (Å²) >= 11 is 0. The summed E-state index contributed by atoms with van der Waals surface area (Å²) in [5.74, 6) is 0.391. The number of guanidine groups is 1. The molecule has 0 bridgehead atoms. The van der Waals surface area contributed by atoms with Crippen LogP contribution in [-0.2, 0) is 17.1 Å². The highest BCUT2D eigenvalue weighted by Gasteiger charge is 2.39. The molecule has 0 aliphatic carbocycles. The second kappa shape index (κ2) is 9.44. The fourth-order valence-electron chi connectivity index (χ4n) is 3.89. The number of para-hydroxylation sites is 1. The van der Waals surface area contributed by atoms with Crippen LogP contribution < -0.4 is 5.32 Å². The average Bonchev–Trinajstić information content (AvgIpc) is 3.27. The van der Waals surface area contributed by atoms with Crippen molar-refractivity contribution in [3.63, 3.8) is 0 Å². The van der Waals surface area contributed by atoms with E-state index in [2.05, 4.69) is 15.3 Å². The Labute approximate surface area is 193 Å². The van der Waals surface area contributed by atoms with Gasteiger partial charge in [0.05, 0.1) is 12.4 Å². The Hall–Kier alpha value is -3.68. The summed E-state index contributed by atoms with van der Waals surface area (Å²) < 4.78 is 30.0. The zero-order valence-electron chi connectivity index (χ0n) is 18.5. The zero-order valence-corrected chi connectivity index (χ0v) is 19.3. The number of sulfonamides is 1. The van der Waals surface area contributed by atoms with Crippen LogP contribution in [0, 0.1) is 18.4 Å². The molecule has 0 radical (unpaired) electrons. The van der Waals surface area contributed by atoms with E-state index >= 15 is 0 Å². The number of hydrogen-bond acceptors (Lipinski definition) is 5. The molecule has 4 rings (SSSR count). The van der Waals surface area contributed by atoms with Crippen molar-refractivity contribution in [2.24, 2.45) is 12.0 Å². The second-order valence-corrected chi connectivity index (χ2v) is 9.68. The van der Waals surface area contributed by atoms with Crippen LogP contribution in [0.15, 0.2) is 77.1 Å². The van der Waals surface area contributed by atoms with E-state index in [1.807, 2.05) is 72.6 Å². The maximum absolute atomic E-state index is 13.5. The summed E-state index contributed by atoms with van der Waals surface area (Å²) in [5.41, 5.74) is 2.71. The number of aliphatic imine (C=N–C) groups is 1. The van der Waals surface area contributed by atoms with Gasteiger partial charge >= 0.3 is 0 Å². The lowest BCUT2D eigenvalue weighted by atomic mass is 10.0. The Bertz CT molecular complexity index is 1300. The number of imidazole rings is 1. The van der Waals surface area contributed by atoms with E-state index in [1.54, 1.807) is 11.6 Å². The van der Waals surface area contributed by atoms with Gasteiger partial charge in [0.25, 0.3) is 10.0 Å². The van der Waals surface area contributed by atoms with Crippen molar-refractivity contribution < 1.29 is 8.42 Å². The Morgan fingerprint density at radius 3 is 2.55 bits per heavy atom. The van der Waals surface area contributed by atoms with Gasteiger partial charge in [-0.15, -0.1) is 4.99 Å². The monoisotopic (exact) mass is 463 g/mol. The van der Waals surface area contributed by atoms with Crippen LogP contribution in [0.3, 0.4) is 0 Å². The molecule has 1 N–H and O–H groups in total. The normalized spacial score (nSPS) is 17.5. The molecule has 1 fully saturated rings. The third kappa shape index (κ3) is 4.74. The maximum Gasteiger partial charge on any atom is 0.262 e. The average molecular weight is 464 g/mol. The highest BCUT2D eigenvalue weighted by molar-refractivity contribution is 7.89. The number of nitrogens with zero attached hydrogens (tertiary/aromatic N) is 6. The van der Waals surface area contributed by atoms with Gasteiger partial charge < -0.3 is 14.8 Å². The minimum absolute atomic E-state index is 0.0170. The van der Waals surface area contributed by atoms with Gasteiger partial charge in [-0.25, -0.2) is 13.4 Å². The molecule has 1 aliphatic heterocycles. The number of aromatic nitrogens is 2. The van der Waals surface area contributed by atoms with Gasteiger partial charge in [-0.2, -0.15) is 9.57 Å². The predicted octanol–water partition coefficient (Wildman–Crippen LogP) is 2.73. The number of benzene rings is 2. The van der Waals surface area contributed by atoms with Crippen molar-refractivity contribution in [3.05, 3.63) is 78.2 Å². The number of aryl methyl sites for hydroxylation is 2. The van der Waals surface area contributed by atoms with E-state index in [1.165, 1.54) is 16.8 Å². The fraction of sp³-hybridized carbons (Fsp3) is 0.261. The number of piperazine rings is 1. The van der Waals surface area contributed by atoms with E-state index in [0.717, 1.165) is 16.8 Å². The molecule has 10 heteroatoms. The first-order valence-corrected chi connectivity index (χ1v) is 11.9. The minimum atomic E-state index is -3.82. The maximum atomic E-state index is 13.5. The van der Waals surface area contributed by atoms with Gasteiger partial charge in [-0.05, 0) is 24.1 Å². The lowest BCUT2D eigenvalue weighted by molar-refractivity contribution is 0.194. The minimum Gasteiger partial charge on any atom is -0.339 e. The summed E-state index contributed by atoms with van der Waals surface area (Å²) in [5, 5.41) is 12.6. The van der Waals surface area contributed by atoms with Crippen LogP contribution in [0.2, 0.25) is 0 Å². The summed E-state index contributed by atoms with van der Waals surface area (Å²) in [6.45, 7) is 2.89. The molecular weight excluding hydrogens is 438 g/mol. The van der Waals surface area contributed by atoms with Crippen LogP contribution >= 0.6 is 0 Å². The van der Waals surface area contributed by atoms with Crippen LogP contribution in [0.4, 0.5) is 5.69 Å². The first-order valence-electron chi connectivity index (χ1n) is 10.5. The van der Waals surface area contributed by atoms with Crippen molar-refractivity contribution in [2.75, 3.05) is 25.0 Å². The summed E-state index contributed by atoms with van der Waals surface area (Å²) in [6, 6.07) is 16.7. The van der Waals surface area contributed by atoms with Gasteiger partial charge in [-0.3, -0.25) is 0 Å². The molecule has 2 aromatic carbocycles. The molecule has 3 aromatic rings. The first kappa shape index (κ1) is 22.5. The summed E-state index contributed by atoms with van der Waals surface area (Å²) in [7, 11) is -2.08. The lowest BCUT2D eigenvalue weighted by Crippen LogP contribution is -2.53. The molecule has 1 unspecified atom stereocenters. The van der Waals surface area contributed by atoms with E-state index in [-0.39, 0.29) is 11.6 Å². The fourth-order valence-corrected chi connectivity index (χ4v) is 5.46. The van der Waals surface area contributed by atoms with Crippen molar-refractivity contribution in [3.8, 4) is 6.19 Å². The molecule has 0 saturated carbocycles. The quantitative estimate of drug-likeness (QED) is 0.362. The van der Waals surface area contributed by atoms with Gasteiger partial charge in [0.1, 0.15) is 0 Å². The molecule has 0 spiro atoms. The number of rotatable bonds is 4. The Morgan fingerprint density at radius 2 is 1.88 bits per heavy atom. The smallest absolute Gasteiger partial charge is 0.262 e. The van der Waals surface area contributed by atoms with Crippen LogP contribution in [-0.4, -0.2) is 52.8 Å². The molecule has 33 heavy (non-hydrogen) atoms. The summed E-state index contributed by atoms with van der Waals surface area (Å²) in [6.07, 6.45) is 4.85. The first-order chi connectivity index (χ1) is 15.9. The number of anilines is 1. The van der Waals surface area contributed by atoms with E-state index in [0.29, 0.717) is 19.0 Å². The lowest BCUT2D eigenvalue weighted by Gasteiger charge is -2.41. The van der Waals surface area contributed by atoms with Crippen molar-refractivity contribution in [2.45, 2.75) is 18.0 Å². The topological polar surface area (TPSA) is 107 Å². The molecule has 170 valence electrons. The van der Waals surface area contributed by atoms with Crippen molar-refractivity contribution >= 4 is 21.7 Å². The molecule has 1 aliphatic rings. The summed E-state index contributed by atoms with van der Waals surface area (Å²) in [4.78, 5) is 10.0. The highest BCUT2D eigenvalue weighted by Crippen LogP contribution is 2.31. The van der Waals surface area contributed by atoms with Crippen LogP contribution in [0.5, 0.6) is 0 Å². The molecule has 0 amide bonds. The molecule has 1 atom stereocenters. The van der Waals surface area contributed by atoms with Crippen molar-refractivity contribution in [1.82, 2.24) is 18.8 Å². The van der Waals surface area contributed by atoms with Crippen molar-refractivity contribution in [1.29, 1.82) is 5.26 Å². The SMILES string of the molecule is Cc1ccccc1N/C(=N/C#N)N1CCN(S(=O)(=O)c2cn(C)cn2)C(c2ccccc2)C1. The standard InChI is InChI=1S/C23H25N7O2S/c1-18-8-6-7-11-20(18)27-23(25-16-24)29-12-13-30(21(14-29)19-9-4-3-5-10-19)33(31,32)22-15-28(2)17-26-22/h3-11,15,17,21H,12-14H2,1-2H3,(H,25,27). The highest BCUT2D eigenvalue weighted by atomic mass is 32.2. The third-order valence-corrected chi connectivity index (χ3v) is 7.41. The molecule has 1 aromatic heterocycles.